The van der Waals surface area contributed by atoms with Crippen LogP contribution in [0.2, 0.25) is 5.02 Å². The Bertz CT molecular complexity index is 522. The first-order valence-electron chi connectivity index (χ1n) is 8.09. The van der Waals surface area contributed by atoms with Gasteiger partial charge in [0.05, 0.1) is 13.2 Å². The van der Waals surface area contributed by atoms with Crippen LogP contribution in [0.4, 0.5) is 0 Å². The molecule has 1 saturated heterocycles. The van der Waals surface area contributed by atoms with Crippen LogP contribution in [-0.4, -0.2) is 49.7 Å². The van der Waals surface area contributed by atoms with Crippen LogP contribution < -0.4 is 5.32 Å². The van der Waals surface area contributed by atoms with Crippen LogP contribution in [0.5, 0.6) is 0 Å². The lowest BCUT2D eigenvalue weighted by atomic mass is 10.0. The van der Waals surface area contributed by atoms with Gasteiger partial charge in [-0.25, -0.2) is 0 Å². The molecular weight excluding hydrogens is 312 g/mol. The maximum Gasteiger partial charge on any atom is 0.244 e. The molecule has 0 unspecified atom stereocenters. The molecule has 0 spiro atoms. The Morgan fingerprint density at radius 1 is 1.30 bits per heavy atom. The number of ether oxygens (including phenoxy) is 1. The number of nitrogens with one attached hydrogen (secondary N) is 1. The summed E-state index contributed by atoms with van der Waals surface area (Å²) in [6.07, 6.45) is 3.37. The highest BCUT2D eigenvalue weighted by Gasteiger charge is 2.23. The zero-order valence-corrected chi connectivity index (χ0v) is 14.6. The van der Waals surface area contributed by atoms with E-state index in [0.29, 0.717) is 23.5 Å². The Labute approximate surface area is 143 Å². The molecule has 1 atom stereocenters. The number of benzene rings is 1. The Morgan fingerprint density at radius 3 is 2.57 bits per heavy atom. The SMILES string of the molecule is CC(C)[C@H](CNC(=O)/C=C/c1ccc(Cl)cc1)N1CCOCC1. The van der Waals surface area contributed by atoms with Gasteiger partial charge < -0.3 is 10.1 Å². The molecule has 5 heteroatoms. The number of hydrogen-bond acceptors (Lipinski definition) is 3. The van der Waals surface area contributed by atoms with Gasteiger partial charge in [-0.1, -0.05) is 37.6 Å². The first-order valence-corrected chi connectivity index (χ1v) is 8.47. The molecule has 0 radical (unpaired) electrons. The summed E-state index contributed by atoms with van der Waals surface area (Å²) < 4.78 is 5.40. The molecular formula is C18H25ClN2O2. The van der Waals surface area contributed by atoms with Gasteiger partial charge in [0.15, 0.2) is 0 Å². The number of carbonyl (C=O) groups excluding carboxylic acids is 1. The van der Waals surface area contributed by atoms with Crippen molar-refractivity contribution in [3.05, 3.63) is 40.9 Å². The lowest BCUT2D eigenvalue weighted by Gasteiger charge is -2.36. The van der Waals surface area contributed by atoms with Crippen LogP contribution in [-0.2, 0) is 9.53 Å². The molecule has 1 aliphatic heterocycles. The Morgan fingerprint density at radius 2 is 1.96 bits per heavy atom. The van der Waals surface area contributed by atoms with Gasteiger partial charge in [-0.2, -0.15) is 0 Å². The molecule has 0 aromatic heterocycles. The van der Waals surface area contributed by atoms with Gasteiger partial charge in [-0.3, -0.25) is 9.69 Å². The van der Waals surface area contributed by atoms with E-state index >= 15 is 0 Å². The van der Waals surface area contributed by atoms with Crippen molar-refractivity contribution >= 4 is 23.6 Å². The van der Waals surface area contributed by atoms with Crippen molar-refractivity contribution in [1.29, 1.82) is 0 Å². The van der Waals surface area contributed by atoms with E-state index < -0.39 is 0 Å². The second kappa shape index (κ2) is 9.06. The van der Waals surface area contributed by atoms with E-state index in [1.165, 1.54) is 0 Å². The topological polar surface area (TPSA) is 41.6 Å². The lowest BCUT2D eigenvalue weighted by Crippen LogP contribution is -2.51. The fourth-order valence-corrected chi connectivity index (χ4v) is 2.83. The maximum atomic E-state index is 12.0. The van der Waals surface area contributed by atoms with Crippen molar-refractivity contribution in [2.24, 2.45) is 5.92 Å². The van der Waals surface area contributed by atoms with Crippen LogP contribution in [0.25, 0.3) is 6.08 Å². The minimum atomic E-state index is -0.0705. The summed E-state index contributed by atoms with van der Waals surface area (Å²) in [5.74, 6) is 0.410. The van der Waals surface area contributed by atoms with E-state index in [9.17, 15) is 4.79 Å². The predicted octanol–water partition coefficient (Wildman–Crippen LogP) is 2.83. The Kier molecular flexibility index (Phi) is 7.09. The number of morpholine rings is 1. The van der Waals surface area contributed by atoms with Crippen LogP contribution in [0.3, 0.4) is 0 Å². The molecule has 2 rings (SSSR count). The normalized spacial score (nSPS) is 17.6. The van der Waals surface area contributed by atoms with Crippen LogP contribution >= 0.6 is 11.6 Å². The molecule has 1 amide bonds. The van der Waals surface area contributed by atoms with Crippen molar-refractivity contribution in [2.75, 3.05) is 32.8 Å². The van der Waals surface area contributed by atoms with Crippen molar-refractivity contribution in [3.63, 3.8) is 0 Å². The zero-order valence-electron chi connectivity index (χ0n) is 13.8. The van der Waals surface area contributed by atoms with Gasteiger partial charge in [-0.15, -0.1) is 0 Å². The molecule has 1 aromatic carbocycles. The van der Waals surface area contributed by atoms with Gasteiger partial charge >= 0.3 is 0 Å². The third-order valence-electron chi connectivity index (χ3n) is 4.07. The summed E-state index contributed by atoms with van der Waals surface area (Å²) in [5, 5.41) is 3.70. The van der Waals surface area contributed by atoms with E-state index in [0.717, 1.165) is 31.9 Å². The van der Waals surface area contributed by atoms with Crippen molar-refractivity contribution in [3.8, 4) is 0 Å². The number of carbonyl (C=O) groups is 1. The third-order valence-corrected chi connectivity index (χ3v) is 4.32. The van der Waals surface area contributed by atoms with Gasteiger partial charge in [0.1, 0.15) is 0 Å². The van der Waals surface area contributed by atoms with Gasteiger partial charge in [-0.05, 0) is 29.7 Å². The highest BCUT2D eigenvalue weighted by atomic mass is 35.5. The molecule has 1 aromatic rings. The summed E-state index contributed by atoms with van der Waals surface area (Å²) in [7, 11) is 0. The maximum absolute atomic E-state index is 12.0. The van der Waals surface area contributed by atoms with E-state index in [2.05, 4.69) is 24.1 Å². The van der Waals surface area contributed by atoms with E-state index in [4.69, 9.17) is 16.3 Å². The predicted molar refractivity (Wildman–Crippen MR) is 94.5 cm³/mol. The number of hydrogen-bond donors (Lipinski definition) is 1. The first-order chi connectivity index (χ1) is 11.1. The van der Waals surface area contributed by atoms with E-state index in [1.54, 1.807) is 12.2 Å². The number of rotatable bonds is 6. The summed E-state index contributed by atoms with van der Waals surface area (Å²) >= 11 is 5.85. The monoisotopic (exact) mass is 336 g/mol. The summed E-state index contributed by atoms with van der Waals surface area (Å²) in [6, 6.07) is 7.73. The fourth-order valence-electron chi connectivity index (χ4n) is 2.71. The van der Waals surface area contributed by atoms with Crippen molar-refractivity contribution < 1.29 is 9.53 Å². The van der Waals surface area contributed by atoms with Crippen LogP contribution in [0.1, 0.15) is 19.4 Å². The van der Waals surface area contributed by atoms with Crippen LogP contribution in [0, 0.1) is 5.92 Å². The van der Waals surface area contributed by atoms with Crippen molar-refractivity contribution in [2.45, 2.75) is 19.9 Å². The number of nitrogens with zero attached hydrogens (tertiary/aromatic N) is 1. The molecule has 1 aliphatic rings. The fraction of sp³-hybridized carbons (Fsp3) is 0.500. The largest absolute Gasteiger partial charge is 0.379 e. The van der Waals surface area contributed by atoms with Gasteiger partial charge in [0, 0.05) is 36.8 Å². The smallest absolute Gasteiger partial charge is 0.244 e. The Balaban J connectivity index is 1.84. The second-order valence-electron chi connectivity index (χ2n) is 6.09. The average Bonchev–Trinajstić information content (AvgIpc) is 2.55. The number of amides is 1. The molecule has 0 bridgehead atoms. The van der Waals surface area contributed by atoms with E-state index in [-0.39, 0.29) is 5.91 Å². The third kappa shape index (κ3) is 5.98. The highest BCUT2D eigenvalue weighted by Crippen LogP contribution is 2.13. The molecule has 23 heavy (non-hydrogen) atoms. The number of halogens is 1. The minimum absolute atomic E-state index is 0.0705. The van der Waals surface area contributed by atoms with Gasteiger partial charge in [0.2, 0.25) is 5.91 Å². The zero-order chi connectivity index (χ0) is 16.7. The summed E-state index contributed by atoms with van der Waals surface area (Å²) in [5.41, 5.74) is 0.957. The Hall–Kier alpha value is -1.36. The molecule has 4 nitrogen and oxygen atoms in total. The first kappa shape index (κ1) is 18.0. The summed E-state index contributed by atoms with van der Waals surface area (Å²) in [4.78, 5) is 14.4. The summed E-state index contributed by atoms with van der Waals surface area (Å²) in [6.45, 7) is 8.44. The molecule has 0 aliphatic carbocycles. The minimum Gasteiger partial charge on any atom is -0.379 e. The molecule has 1 fully saturated rings. The molecule has 1 N–H and O–H groups in total. The highest BCUT2D eigenvalue weighted by molar-refractivity contribution is 6.30. The quantitative estimate of drug-likeness (QED) is 0.812. The lowest BCUT2D eigenvalue weighted by molar-refractivity contribution is -0.116. The second-order valence-corrected chi connectivity index (χ2v) is 6.53. The molecule has 126 valence electrons. The molecule has 0 saturated carbocycles. The average molecular weight is 337 g/mol. The molecule has 1 heterocycles. The van der Waals surface area contributed by atoms with Crippen LogP contribution in [0.15, 0.2) is 30.3 Å². The van der Waals surface area contributed by atoms with Gasteiger partial charge in [0.25, 0.3) is 0 Å². The van der Waals surface area contributed by atoms with E-state index in [1.807, 2.05) is 24.3 Å². The van der Waals surface area contributed by atoms with Crippen molar-refractivity contribution in [1.82, 2.24) is 10.2 Å². The standard InChI is InChI=1S/C18H25ClN2O2/c1-14(2)17(21-9-11-23-12-10-21)13-20-18(22)8-5-15-3-6-16(19)7-4-15/h3-8,14,17H,9-13H2,1-2H3,(H,20,22)/b8-5+/t17-/m0/s1.